The first-order valence-electron chi connectivity index (χ1n) is 6.70. The fraction of sp³-hybridized carbons (Fsp3) is 0.250. The Bertz CT molecular complexity index is 642. The van der Waals surface area contributed by atoms with E-state index in [1.54, 1.807) is 18.2 Å². The molecule has 0 radical (unpaired) electrons. The molecular weight excluding hydrogens is 257 g/mol. The van der Waals surface area contributed by atoms with E-state index in [0.29, 0.717) is 5.69 Å². The number of anilines is 1. The molecule has 104 valence electrons. The van der Waals surface area contributed by atoms with Gasteiger partial charge in [-0.2, -0.15) is 0 Å². The maximum atomic E-state index is 13.4. The predicted molar refractivity (Wildman–Crippen MR) is 75.5 cm³/mol. The molecule has 3 nitrogen and oxygen atoms in total. The highest BCUT2D eigenvalue weighted by Crippen LogP contribution is 2.35. The molecular formula is C16H16FNO2. The summed E-state index contributed by atoms with van der Waals surface area (Å²) in [6.45, 7) is 0. The van der Waals surface area contributed by atoms with Gasteiger partial charge < -0.3 is 15.5 Å². The first kappa shape index (κ1) is 12.8. The molecule has 0 fully saturated rings. The maximum absolute atomic E-state index is 13.4. The molecule has 1 unspecified atom stereocenters. The van der Waals surface area contributed by atoms with E-state index in [0.717, 1.165) is 24.8 Å². The number of phenolic OH excluding ortho intramolecular Hbond substituents is 2. The van der Waals surface area contributed by atoms with E-state index in [1.165, 1.54) is 17.7 Å². The first-order chi connectivity index (χ1) is 9.63. The summed E-state index contributed by atoms with van der Waals surface area (Å²) in [5, 5.41) is 22.1. The van der Waals surface area contributed by atoms with Gasteiger partial charge in [-0.3, -0.25) is 0 Å². The smallest absolute Gasteiger partial charge is 0.166 e. The summed E-state index contributed by atoms with van der Waals surface area (Å²) in [5.41, 5.74) is 2.90. The summed E-state index contributed by atoms with van der Waals surface area (Å²) in [5.74, 6) is -0.742. The van der Waals surface area contributed by atoms with Crippen molar-refractivity contribution < 1.29 is 14.6 Å². The Hall–Kier alpha value is -2.23. The van der Waals surface area contributed by atoms with Crippen molar-refractivity contribution in [3.63, 3.8) is 0 Å². The van der Waals surface area contributed by atoms with Crippen molar-refractivity contribution in [2.24, 2.45) is 0 Å². The number of benzene rings is 2. The Morgan fingerprint density at radius 2 is 1.95 bits per heavy atom. The van der Waals surface area contributed by atoms with E-state index in [4.69, 9.17) is 0 Å². The van der Waals surface area contributed by atoms with Gasteiger partial charge in [0.05, 0.1) is 6.04 Å². The summed E-state index contributed by atoms with van der Waals surface area (Å²) in [4.78, 5) is 0. The van der Waals surface area contributed by atoms with E-state index >= 15 is 0 Å². The van der Waals surface area contributed by atoms with Crippen LogP contribution in [0.25, 0.3) is 0 Å². The second kappa shape index (κ2) is 5.04. The largest absolute Gasteiger partial charge is 0.508 e. The number of rotatable bonds is 2. The van der Waals surface area contributed by atoms with Gasteiger partial charge in [0.1, 0.15) is 5.75 Å². The second-order valence-corrected chi connectivity index (χ2v) is 5.14. The molecule has 0 saturated heterocycles. The molecule has 0 aromatic heterocycles. The summed E-state index contributed by atoms with van der Waals surface area (Å²) in [6.07, 6.45) is 2.98. The van der Waals surface area contributed by atoms with E-state index in [-0.39, 0.29) is 17.5 Å². The van der Waals surface area contributed by atoms with Crippen molar-refractivity contribution in [1.29, 1.82) is 0 Å². The van der Waals surface area contributed by atoms with Gasteiger partial charge in [-0.05, 0) is 54.7 Å². The van der Waals surface area contributed by atoms with Crippen LogP contribution in [0.5, 0.6) is 11.5 Å². The molecule has 2 aromatic carbocycles. The Morgan fingerprint density at radius 3 is 2.75 bits per heavy atom. The lowest BCUT2D eigenvalue weighted by molar-refractivity contribution is 0.432. The minimum absolute atomic E-state index is 0.0507. The zero-order valence-corrected chi connectivity index (χ0v) is 10.9. The molecule has 3 N–H and O–H groups in total. The Labute approximate surface area is 116 Å². The second-order valence-electron chi connectivity index (χ2n) is 5.14. The highest BCUT2D eigenvalue weighted by molar-refractivity contribution is 5.50. The van der Waals surface area contributed by atoms with E-state index in [1.807, 2.05) is 6.07 Å². The molecule has 0 spiro atoms. The number of hydrogen-bond donors (Lipinski definition) is 3. The molecule has 1 aliphatic carbocycles. The number of aryl methyl sites for hydroxylation is 1. The summed E-state index contributed by atoms with van der Waals surface area (Å²) >= 11 is 0. The summed E-state index contributed by atoms with van der Waals surface area (Å²) in [7, 11) is 0. The highest BCUT2D eigenvalue weighted by atomic mass is 19.1. The van der Waals surface area contributed by atoms with Crippen molar-refractivity contribution >= 4 is 5.69 Å². The summed E-state index contributed by atoms with van der Waals surface area (Å²) in [6, 6.07) is 9.72. The molecule has 20 heavy (non-hydrogen) atoms. The van der Waals surface area contributed by atoms with Gasteiger partial charge in [-0.15, -0.1) is 0 Å². The molecule has 2 aromatic rings. The number of fused-ring (bicyclic) bond motifs is 1. The minimum atomic E-state index is -0.637. The normalized spacial score (nSPS) is 17.6. The van der Waals surface area contributed by atoms with Crippen LogP contribution in [-0.4, -0.2) is 10.2 Å². The zero-order chi connectivity index (χ0) is 14.1. The lowest BCUT2D eigenvalue weighted by Gasteiger charge is -2.27. The monoisotopic (exact) mass is 273 g/mol. The molecule has 3 rings (SSSR count). The van der Waals surface area contributed by atoms with Crippen molar-refractivity contribution in [2.45, 2.75) is 25.3 Å². The van der Waals surface area contributed by atoms with Crippen molar-refractivity contribution in [3.8, 4) is 11.5 Å². The van der Waals surface area contributed by atoms with Gasteiger partial charge in [-0.1, -0.05) is 6.07 Å². The predicted octanol–water partition coefficient (Wildman–Crippen LogP) is 3.73. The van der Waals surface area contributed by atoms with Crippen LogP contribution in [-0.2, 0) is 6.42 Å². The number of aromatic hydroxyl groups is 2. The fourth-order valence-electron chi connectivity index (χ4n) is 2.73. The lowest BCUT2D eigenvalue weighted by atomic mass is 9.87. The lowest BCUT2D eigenvalue weighted by Crippen LogP contribution is -2.17. The fourth-order valence-corrected chi connectivity index (χ4v) is 2.73. The molecule has 0 bridgehead atoms. The minimum Gasteiger partial charge on any atom is -0.508 e. The van der Waals surface area contributed by atoms with Crippen LogP contribution in [0, 0.1) is 5.82 Å². The average Bonchev–Trinajstić information content (AvgIpc) is 2.44. The maximum Gasteiger partial charge on any atom is 0.166 e. The third-order valence-corrected chi connectivity index (χ3v) is 3.73. The standard InChI is InChI=1S/C16H16FNO2/c17-14-8-11(5-7-16(14)20)18-15-3-1-2-10-4-6-12(19)9-13(10)15/h4-9,15,18-20H,1-3H2. The van der Waals surface area contributed by atoms with Crippen molar-refractivity contribution in [3.05, 3.63) is 53.3 Å². The number of phenols is 2. The van der Waals surface area contributed by atoms with Gasteiger partial charge in [0, 0.05) is 11.8 Å². The van der Waals surface area contributed by atoms with Gasteiger partial charge in [0.15, 0.2) is 11.6 Å². The van der Waals surface area contributed by atoms with Gasteiger partial charge in [0.25, 0.3) is 0 Å². The van der Waals surface area contributed by atoms with Gasteiger partial charge in [-0.25, -0.2) is 4.39 Å². The zero-order valence-electron chi connectivity index (χ0n) is 10.9. The van der Waals surface area contributed by atoms with Crippen LogP contribution >= 0.6 is 0 Å². The Kier molecular flexibility index (Phi) is 3.22. The number of nitrogens with one attached hydrogen (secondary N) is 1. The molecule has 0 amide bonds. The molecule has 4 heteroatoms. The van der Waals surface area contributed by atoms with Crippen LogP contribution in [0.2, 0.25) is 0 Å². The average molecular weight is 273 g/mol. The molecule has 0 aliphatic heterocycles. The number of hydrogen-bond acceptors (Lipinski definition) is 3. The molecule has 0 heterocycles. The van der Waals surface area contributed by atoms with Crippen LogP contribution in [0.4, 0.5) is 10.1 Å². The Morgan fingerprint density at radius 1 is 1.10 bits per heavy atom. The van der Waals surface area contributed by atoms with E-state index in [2.05, 4.69) is 5.32 Å². The number of halogens is 1. The third kappa shape index (κ3) is 2.41. The van der Waals surface area contributed by atoms with Crippen molar-refractivity contribution in [2.75, 3.05) is 5.32 Å². The third-order valence-electron chi connectivity index (χ3n) is 3.73. The van der Waals surface area contributed by atoms with E-state index < -0.39 is 5.82 Å². The van der Waals surface area contributed by atoms with E-state index in [9.17, 15) is 14.6 Å². The molecule has 1 aliphatic rings. The topological polar surface area (TPSA) is 52.5 Å². The van der Waals surface area contributed by atoms with Crippen LogP contribution in [0.1, 0.15) is 30.0 Å². The van der Waals surface area contributed by atoms with Crippen molar-refractivity contribution in [1.82, 2.24) is 0 Å². The van der Waals surface area contributed by atoms with Crippen LogP contribution in [0.3, 0.4) is 0 Å². The van der Waals surface area contributed by atoms with Gasteiger partial charge >= 0.3 is 0 Å². The summed E-state index contributed by atoms with van der Waals surface area (Å²) < 4.78 is 13.4. The SMILES string of the molecule is Oc1ccc2c(c1)C(Nc1ccc(O)c(F)c1)CCC2. The molecule has 1 atom stereocenters. The Balaban J connectivity index is 1.89. The van der Waals surface area contributed by atoms with Gasteiger partial charge in [0.2, 0.25) is 0 Å². The quantitative estimate of drug-likeness (QED) is 0.731. The first-order valence-corrected chi connectivity index (χ1v) is 6.70. The molecule has 0 saturated carbocycles. The van der Waals surface area contributed by atoms with Crippen LogP contribution in [0.15, 0.2) is 36.4 Å². The highest BCUT2D eigenvalue weighted by Gasteiger charge is 2.20. The van der Waals surface area contributed by atoms with Crippen LogP contribution < -0.4 is 5.32 Å².